The van der Waals surface area contributed by atoms with Crippen molar-refractivity contribution in [2.24, 2.45) is 0 Å². The summed E-state index contributed by atoms with van der Waals surface area (Å²) in [6, 6.07) is 9.90. The zero-order valence-corrected chi connectivity index (χ0v) is 13.1. The lowest BCUT2D eigenvalue weighted by Crippen LogP contribution is -2.54. The van der Waals surface area contributed by atoms with Crippen LogP contribution in [0, 0.1) is 0 Å². The van der Waals surface area contributed by atoms with Gasteiger partial charge in [0, 0.05) is 13.1 Å². The second-order valence-electron chi connectivity index (χ2n) is 5.92. The number of hydrogen-bond donors (Lipinski definition) is 0. The lowest BCUT2D eigenvalue weighted by molar-refractivity contribution is -0.147. The minimum Gasteiger partial charge on any atom is -0.370 e. The van der Waals surface area contributed by atoms with Crippen LogP contribution < -0.4 is 0 Å². The van der Waals surface area contributed by atoms with Gasteiger partial charge in [0.25, 0.3) is 0 Å². The molecule has 1 aliphatic heterocycles. The number of carbonyl (C=O) groups excluding carboxylic acids is 1. The van der Waals surface area contributed by atoms with Crippen LogP contribution in [0.5, 0.6) is 0 Å². The fraction of sp³-hybridized carbons (Fsp3) is 0.562. The lowest BCUT2D eigenvalue weighted by atomic mass is 9.83. The van der Waals surface area contributed by atoms with Crippen molar-refractivity contribution in [1.82, 2.24) is 4.90 Å². The van der Waals surface area contributed by atoms with Crippen LogP contribution in [0.25, 0.3) is 0 Å². The Labute approximate surface area is 125 Å². The van der Waals surface area contributed by atoms with Gasteiger partial charge in [-0.15, -0.1) is 11.6 Å². The molecule has 1 fully saturated rings. The second-order valence-corrected chi connectivity index (χ2v) is 6.23. The maximum absolute atomic E-state index is 12.9. The van der Waals surface area contributed by atoms with Gasteiger partial charge in [-0.05, 0) is 26.3 Å². The van der Waals surface area contributed by atoms with E-state index in [1.165, 1.54) is 0 Å². The van der Waals surface area contributed by atoms with Crippen molar-refractivity contribution < 1.29 is 9.53 Å². The predicted molar refractivity (Wildman–Crippen MR) is 81.1 cm³/mol. The quantitative estimate of drug-likeness (QED) is 0.803. The topological polar surface area (TPSA) is 29.5 Å². The first kappa shape index (κ1) is 15.3. The molecular weight excluding hydrogens is 274 g/mol. The molecule has 0 spiro atoms. The van der Waals surface area contributed by atoms with E-state index < -0.39 is 5.41 Å². The zero-order chi connectivity index (χ0) is 14.8. The van der Waals surface area contributed by atoms with E-state index in [-0.39, 0.29) is 18.1 Å². The molecule has 1 amide bonds. The Kier molecular flexibility index (Phi) is 4.71. The van der Waals surface area contributed by atoms with Gasteiger partial charge in [0.05, 0.1) is 23.5 Å². The number of halogens is 1. The molecule has 110 valence electrons. The van der Waals surface area contributed by atoms with Gasteiger partial charge < -0.3 is 9.64 Å². The number of benzene rings is 1. The van der Waals surface area contributed by atoms with Gasteiger partial charge in [0.15, 0.2) is 0 Å². The van der Waals surface area contributed by atoms with E-state index in [4.69, 9.17) is 16.3 Å². The van der Waals surface area contributed by atoms with Crippen LogP contribution in [-0.4, -0.2) is 42.0 Å². The summed E-state index contributed by atoms with van der Waals surface area (Å²) in [7, 11) is 0. The highest BCUT2D eigenvalue weighted by atomic mass is 35.5. The number of ether oxygens (including phenoxy) is 1. The third-order valence-corrected chi connectivity index (χ3v) is 4.16. The molecule has 0 saturated carbocycles. The van der Waals surface area contributed by atoms with Crippen molar-refractivity contribution in [3.63, 3.8) is 0 Å². The number of amides is 1. The smallest absolute Gasteiger partial charge is 0.232 e. The standard InChI is InChI=1S/C16H22ClNO2/c1-12-10-18(11-14(9-17)20-12)15(19)16(2,3)13-7-5-4-6-8-13/h4-8,12,14H,9-11H2,1-3H3. The number of morpholine rings is 1. The molecule has 2 atom stereocenters. The molecule has 1 heterocycles. The maximum Gasteiger partial charge on any atom is 0.232 e. The molecule has 20 heavy (non-hydrogen) atoms. The van der Waals surface area contributed by atoms with Crippen molar-refractivity contribution >= 4 is 17.5 Å². The predicted octanol–water partition coefficient (Wildman–Crippen LogP) is 2.82. The maximum atomic E-state index is 12.9. The first-order valence-corrected chi connectivity index (χ1v) is 7.55. The molecule has 4 heteroatoms. The molecule has 1 aromatic carbocycles. The summed E-state index contributed by atoms with van der Waals surface area (Å²) in [5, 5.41) is 0. The van der Waals surface area contributed by atoms with E-state index in [2.05, 4.69) is 0 Å². The van der Waals surface area contributed by atoms with Gasteiger partial charge in [-0.2, -0.15) is 0 Å². The number of alkyl halides is 1. The van der Waals surface area contributed by atoms with E-state index >= 15 is 0 Å². The molecule has 0 aromatic heterocycles. The fourth-order valence-corrected chi connectivity index (χ4v) is 2.84. The minimum atomic E-state index is -0.533. The molecule has 1 saturated heterocycles. The highest BCUT2D eigenvalue weighted by Crippen LogP contribution is 2.27. The Bertz CT molecular complexity index is 461. The molecule has 0 radical (unpaired) electrons. The molecule has 1 aliphatic rings. The molecular formula is C16H22ClNO2. The van der Waals surface area contributed by atoms with Crippen LogP contribution in [0.3, 0.4) is 0 Å². The summed E-state index contributed by atoms with van der Waals surface area (Å²) in [5.41, 5.74) is 0.501. The third kappa shape index (κ3) is 3.15. The van der Waals surface area contributed by atoms with Gasteiger partial charge >= 0.3 is 0 Å². The Morgan fingerprint density at radius 2 is 2.00 bits per heavy atom. The Balaban J connectivity index is 2.17. The van der Waals surface area contributed by atoms with Crippen LogP contribution in [0.1, 0.15) is 26.3 Å². The first-order chi connectivity index (χ1) is 9.45. The summed E-state index contributed by atoms with van der Waals surface area (Å²) in [6.45, 7) is 7.13. The lowest BCUT2D eigenvalue weighted by Gasteiger charge is -2.40. The Morgan fingerprint density at radius 1 is 1.35 bits per heavy atom. The minimum absolute atomic E-state index is 0.0306. The summed E-state index contributed by atoms with van der Waals surface area (Å²) >= 11 is 5.88. The van der Waals surface area contributed by atoms with Gasteiger partial charge in [0.1, 0.15) is 0 Å². The second kappa shape index (κ2) is 6.15. The summed E-state index contributed by atoms with van der Waals surface area (Å²) in [5.74, 6) is 0.550. The van der Waals surface area contributed by atoms with E-state index in [0.717, 1.165) is 5.56 Å². The van der Waals surface area contributed by atoms with Gasteiger partial charge in [0.2, 0.25) is 5.91 Å². The zero-order valence-electron chi connectivity index (χ0n) is 12.3. The molecule has 0 N–H and O–H groups in total. The fourth-order valence-electron chi connectivity index (χ4n) is 2.67. The largest absolute Gasteiger partial charge is 0.370 e. The molecule has 3 nitrogen and oxygen atoms in total. The number of nitrogens with zero attached hydrogens (tertiary/aromatic N) is 1. The van der Waals surface area contributed by atoms with Crippen molar-refractivity contribution in [1.29, 1.82) is 0 Å². The van der Waals surface area contributed by atoms with Gasteiger partial charge in [-0.25, -0.2) is 0 Å². The van der Waals surface area contributed by atoms with Crippen molar-refractivity contribution in [2.45, 2.75) is 38.4 Å². The number of rotatable bonds is 3. The van der Waals surface area contributed by atoms with E-state index in [1.54, 1.807) is 0 Å². The summed E-state index contributed by atoms with van der Waals surface area (Å²) < 4.78 is 5.71. The van der Waals surface area contributed by atoms with Crippen LogP contribution >= 0.6 is 11.6 Å². The van der Waals surface area contributed by atoms with Gasteiger partial charge in [-0.3, -0.25) is 4.79 Å². The highest BCUT2D eigenvalue weighted by Gasteiger charge is 2.37. The monoisotopic (exact) mass is 295 g/mol. The summed E-state index contributed by atoms with van der Waals surface area (Å²) in [6.07, 6.45) is -0.0426. The van der Waals surface area contributed by atoms with Crippen molar-refractivity contribution in [3.05, 3.63) is 35.9 Å². The molecule has 2 rings (SSSR count). The molecule has 2 unspecified atom stereocenters. The van der Waals surface area contributed by atoms with Crippen LogP contribution in [0.15, 0.2) is 30.3 Å². The summed E-state index contributed by atoms with van der Waals surface area (Å²) in [4.78, 5) is 14.7. The normalized spacial score (nSPS) is 23.7. The van der Waals surface area contributed by atoms with Crippen LogP contribution in [0.2, 0.25) is 0 Å². The Morgan fingerprint density at radius 3 is 2.60 bits per heavy atom. The third-order valence-electron chi connectivity index (χ3n) is 3.82. The van der Waals surface area contributed by atoms with E-state index in [0.29, 0.717) is 19.0 Å². The Hall–Kier alpha value is -1.06. The average Bonchev–Trinajstić information content (AvgIpc) is 2.46. The SMILES string of the molecule is CC1CN(C(=O)C(C)(C)c2ccccc2)CC(CCl)O1. The van der Waals surface area contributed by atoms with E-state index in [1.807, 2.05) is 56.0 Å². The van der Waals surface area contributed by atoms with Gasteiger partial charge in [-0.1, -0.05) is 30.3 Å². The van der Waals surface area contributed by atoms with E-state index in [9.17, 15) is 4.79 Å². The highest BCUT2D eigenvalue weighted by molar-refractivity contribution is 6.18. The average molecular weight is 296 g/mol. The molecule has 0 bridgehead atoms. The molecule has 0 aliphatic carbocycles. The number of carbonyl (C=O) groups is 1. The van der Waals surface area contributed by atoms with Crippen LogP contribution in [-0.2, 0) is 14.9 Å². The first-order valence-electron chi connectivity index (χ1n) is 7.01. The van der Waals surface area contributed by atoms with Crippen LogP contribution in [0.4, 0.5) is 0 Å². The van der Waals surface area contributed by atoms with Crippen molar-refractivity contribution in [2.75, 3.05) is 19.0 Å². The number of hydrogen-bond acceptors (Lipinski definition) is 2. The molecule has 1 aromatic rings. The van der Waals surface area contributed by atoms with Crippen molar-refractivity contribution in [3.8, 4) is 0 Å².